The third-order valence-electron chi connectivity index (χ3n) is 6.10. The lowest BCUT2D eigenvalue weighted by atomic mass is 9.80. The Hall–Kier alpha value is -0.800. The Kier molecular flexibility index (Phi) is 9.48. The van der Waals surface area contributed by atoms with Gasteiger partial charge in [0.05, 0.1) is 24.4 Å². The lowest BCUT2D eigenvalue weighted by molar-refractivity contribution is -0.133. The van der Waals surface area contributed by atoms with Gasteiger partial charge >= 0.3 is 0 Å². The standard InChI is InChI=1S/C18H37N4O5PS/c1-10-8-15(22(28)14(5)11(10)2)18(25)20-13(4)17(24)19-12(3)16(23)9-21(6)29(7,26)27/h10-16,23H,8-9,28H2,1-7H3,(H,19,24)(H,20,25)/t10?,11?,12-,13?,14?,15?,16+/m0/s1. The fraction of sp³-hybridized carbons (Fsp3) is 0.889. The molecule has 11 heteroatoms. The summed E-state index contributed by atoms with van der Waals surface area (Å²) in [5.41, 5.74) is 0. The highest BCUT2D eigenvalue weighted by Crippen LogP contribution is 2.34. The number of likely N-dealkylation sites (N-methyl/N-ethyl adjacent to an activating group) is 1. The minimum absolute atomic E-state index is 0.140. The minimum Gasteiger partial charge on any atom is -0.390 e. The molecule has 170 valence electrons. The summed E-state index contributed by atoms with van der Waals surface area (Å²) in [6, 6.07) is -1.57. The molecule has 1 aliphatic rings. The molecule has 0 spiro atoms. The Labute approximate surface area is 177 Å². The number of hydrogen-bond donors (Lipinski definition) is 3. The monoisotopic (exact) mass is 452 g/mol. The predicted octanol–water partition coefficient (Wildman–Crippen LogP) is -0.227. The molecule has 0 aromatic rings. The van der Waals surface area contributed by atoms with Gasteiger partial charge in [0, 0.05) is 19.6 Å². The number of carbonyl (C=O) groups is 2. The van der Waals surface area contributed by atoms with Crippen LogP contribution in [0.3, 0.4) is 0 Å². The maximum atomic E-state index is 12.7. The van der Waals surface area contributed by atoms with Crippen molar-refractivity contribution < 1.29 is 23.1 Å². The maximum absolute atomic E-state index is 12.7. The zero-order valence-electron chi connectivity index (χ0n) is 18.4. The number of amides is 2. The Balaban J connectivity index is 2.62. The third kappa shape index (κ3) is 7.14. The molecule has 0 bridgehead atoms. The number of hydrogen-bond acceptors (Lipinski definition) is 6. The summed E-state index contributed by atoms with van der Waals surface area (Å²) in [6.07, 6.45) is 0.678. The zero-order chi connectivity index (χ0) is 22.7. The molecule has 2 amide bonds. The summed E-state index contributed by atoms with van der Waals surface area (Å²) in [4.78, 5) is 25.2. The average Bonchev–Trinajstić information content (AvgIpc) is 2.61. The van der Waals surface area contributed by atoms with Gasteiger partial charge in [-0.15, -0.1) is 0 Å². The van der Waals surface area contributed by atoms with E-state index in [0.717, 1.165) is 10.6 Å². The lowest BCUT2D eigenvalue weighted by Gasteiger charge is -2.44. The van der Waals surface area contributed by atoms with Crippen molar-refractivity contribution in [3.63, 3.8) is 0 Å². The molecule has 0 radical (unpaired) electrons. The second-order valence-electron chi connectivity index (χ2n) is 8.41. The van der Waals surface area contributed by atoms with E-state index in [9.17, 15) is 23.1 Å². The number of aliphatic hydroxyl groups excluding tert-OH is 1. The highest BCUT2D eigenvalue weighted by atomic mass is 32.2. The van der Waals surface area contributed by atoms with Crippen LogP contribution >= 0.6 is 9.39 Å². The van der Waals surface area contributed by atoms with E-state index >= 15 is 0 Å². The number of piperidine rings is 1. The highest BCUT2D eigenvalue weighted by molar-refractivity contribution is 7.88. The van der Waals surface area contributed by atoms with Crippen molar-refractivity contribution in [2.75, 3.05) is 19.8 Å². The van der Waals surface area contributed by atoms with Crippen LogP contribution in [0.2, 0.25) is 0 Å². The molecule has 1 heterocycles. The fourth-order valence-electron chi connectivity index (χ4n) is 3.34. The van der Waals surface area contributed by atoms with E-state index in [-0.39, 0.29) is 24.5 Å². The first kappa shape index (κ1) is 26.2. The van der Waals surface area contributed by atoms with Gasteiger partial charge in [-0.2, -0.15) is 0 Å². The van der Waals surface area contributed by atoms with E-state index in [1.165, 1.54) is 7.05 Å². The molecule has 0 aromatic carbocycles. The van der Waals surface area contributed by atoms with Gasteiger partial charge in [-0.3, -0.25) is 14.3 Å². The predicted molar refractivity (Wildman–Crippen MR) is 116 cm³/mol. The normalized spacial score (nSPS) is 29.2. The van der Waals surface area contributed by atoms with Crippen LogP contribution in [0.5, 0.6) is 0 Å². The molecule has 29 heavy (non-hydrogen) atoms. The maximum Gasteiger partial charge on any atom is 0.242 e. The van der Waals surface area contributed by atoms with Crippen LogP contribution in [0.4, 0.5) is 0 Å². The number of rotatable bonds is 8. The highest BCUT2D eigenvalue weighted by Gasteiger charge is 2.38. The van der Waals surface area contributed by atoms with E-state index in [0.29, 0.717) is 18.3 Å². The molecule has 1 aliphatic heterocycles. The molecule has 6 unspecified atom stereocenters. The SMILES string of the molecule is CC(NC(=O)C1CC(C)C(C)C(C)N1P)C(=O)N[C@@H](C)[C@H](O)CN(C)S(C)(=O)=O. The number of sulfonamides is 1. The molecule has 0 aromatic heterocycles. The summed E-state index contributed by atoms with van der Waals surface area (Å²) >= 11 is 0. The number of nitrogens with one attached hydrogen (secondary N) is 2. The van der Waals surface area contributed by atoms with Crippen molar-refractivity contribution in [3.8, 4) is 0 Å². The summed E-state index contributed by atoms with van der Waals surface area (Å²) in [5, 5.41) is 15.6. The smallest absolute Gasteiger partial charge is 0.242 e. The Morgan fingerprint density at radius 1 is 1.24 bits per heavy atom. The first-order valence-corrected chi connectivity index (χ1v) is 12.3. The van der Waals surface area contributed by atoms with Gasteiger partial charge < -0.3 is 15.7 Å². The van der Waals surface area contributed by atoms with Crippen molar-refractivity contribution in [2.45, 2.75) is 71.3 Å². The van der Waals surface area contributed by atoms with Crippen molar-refractivity contribution >= 4 is 31.2 Å². The van der Waals surface area contributed by atoms with Crippen LogP contribution < -0.4 is 10.6 Å². The van der Waals surface area contributed by atoms with Crippen molar-refractivity contribution in [1.29, 1.82) is 0 Å². The topological polar surface area (TPSA) is 119 Å². The lowest BCUT2D eigenvalue weighted by Crippen LogP contribution is -2.57. The molecule has 1 rings (SSSR count). The third-order valence-corrected chi connectivity index (χ3v) is 8.21. The minimum atomic E-state index is -3.43. The number of nitrogens with zero attached hydrogens (tertiary/aromatic N) is 2. The molecule has 0 saturated carbocycles. The molecule has 3 N–H and O–H groups in total. The van der Waals surface area contributed by atoms with Gasteiger partial charge in [0.1, 0.15) is 6.04 Å². The largest absolute Gasteiger partial charge is 0.390 e. The van der Waals surface area contributed by atoms with Crippen LogP contribution in [0.25, 0.3) is 0 Å². The van der Waals surface area contributed by atoms with Gasteiger partial charge in [0.2, 0.25) is 21.8 Å². The van der Waals surface area contributed by atoms with Crippen LogP contribution in [0, 0.1) is 11.8 Å². The van der Waals surface area contributed by atoms with E-state index in [1.54, 1.807) is 13.8 Å². The second-order valence-corrected chi connectivity index (χ2v) is 11.1. The molecule has 1 fully saturated rings. The number of carbonyl (C=O) groups excluding carboxylic acids is 2. The first-order valence-electron chi connectivity index (χ1n) is 9.89. The first-order chi connectivity index (χ1) is 13.2. The van der Waals surface area contributed by atoms with Crippen LogP contribution in [0.1, 0.15) is 41.0 Å². The van der Waals surface area contributed by atoms with E-state index in [2.05, 4.69) is 40.8 Å². The Morgan fingerprint density at radius 3 is 2.31 bits per heavy atom. The molecule has 1 saturated heterocycles. The van der Waals surface area contributed by atoms with Gasteiger partial charge in [-0.05, 0) is 39.0 Å². The van der Waals surface area contributed by atoms with Crippen molar-refractivity contribution in [3.05, 3.63) is 0 Å². The summed E-state index contributed by atoms with van der Waals surface area (Å²) in [7, 11) is 0.560. The fourth-order valence-corrected chi connectivity index (χ4v) is 4.29. The van der Waals surface area contributed by atoms with Crippen molar-refractivity contribution in [2.24, 2.45) is 11.8 Å². The van der Waals surface area contributed by atoms with Gasteiger partial charge in [-0.1, -0.05) is 23.2 Å². The average molecular weight is 453 g/mol. The molecule has 0 aliphatic carbocycles. The second kappa shape index (κ2) is 10.5. The Bertz CT molecular complexity index is 692. The van der Waals surface area contributed by atoms with Crippen molar-refractivity contribution in [1.82, 2.24) is 19.6 Å². The van der Waals surface area contributed by atoms with Crippen LogP contribution in [0.15, 0.2) is 0 Å². The van der Waals surface area contributed by atoms with Crippen LogP contribution in [-0.4, -0.2) is 84.4 Å². The van der Waals surface area contributed by atoms with Crippen LogP contribution in [-0.2, 0) is 19.6 Å². The van der Waals surface area contributed by atoms with E-state index < -0.39 is 34.1 Å². The molecular formula is C18H37N4O5PS. The van der Waals surface area contributed by atoms with Gasteiger partial charge in [0.25, 0.3) is 0 Å². The summed E-state index contributed by atoms with van der Waals surface area (Å²) in [6.45, 7) is 9.42. The Morgan fingerprint density at radius 2 is 1.79 bits per heavy atom. The van der Waals surface area contributed by atoms with E-state index in [4.69, 9.17) is 0 Å². The molecule has 8 atom stereocenters. The number of aliphatic hydroxyl groups is 1. The van der Waals surface area contributed by atoms with E-state index in [1.807, 2.05) is 4.67 Å². The van der Waals surface area contributed by atoms with Gasteiger partial charge in [0.15, 0.2) is 0 Å². The quantitative estimate of drug-likeness (QED) is 0.438. The molecular weight excluding hydrogens is 415 g/mol. The summed E-state index contributed by atoms with van der Waals surface area (Å²) in [5.74, 6) is 0.208. The zero-order valence-corrected chi connectivity index (χ0v) is 20.4. The van der Waals surface area contributed by atoms with Gasteiger partial charge in [-0.25, -0.2) is 12.7 Å². The molecule has 9 nitrogen and oxygen atoms in total. The summed E-state index contributed by atoms with van der Waals surface area (Å²) < 4.78 is 25.9.